The Labute approximate surface area is 127 Å². The summed E-state index contributed by atoms with van der Waals surface area (Å²) >= 11 is 0. The summed E-state index contributed by atoms with van der Waals surface area (Å²) in [5, 5.41) is 6.10. The zero-order valence-corrected chi connectivity index (χ0v) is 13.7. The largest absolute Gasteiger partial charge is 0.355 e. The molecule has 118 valence electrons. The van der Waals surface area contributed by atoms with Crippen LogP contribution in [0.5, 0.6) is 0 Å². The molecule has 0 heterocycles. The van der Waals surface area contributed by atoms with Crippen molar-refractivity contribution >= 4 is 5.91 Å². The van der Waals surface area contributed by atoms with Crippen molar-refractivity contribution in [2.45, 2.75) is 53.6 Å². The molecule has 0 fully saturated rings. The predicted molar refractivity (Wildman–Crippen MR) is 84.6 cm³/mol. The van der Waals surface area contributed by atoms with E-state index in [2.05, 4.69) is 24.5 Å². The normalized spacial score (nSPS) is 12.5. The average Bonchev–Trinajstić information content (AvgIpc) is 2.41. The molecule has 3 nitrogen and oxygen atoms in total. The summed E-state index contributed by atoms with van der Waals surface area (Å²) in [6.45, 7) is 10.9. The lowest BCUT2D eigenvalue weighted by atomic mass is 10.1. The maximum absolute atomic E-state index is 13.6. The smallest absolute Gasteiger partial charge is 0.236 e. The highest BCUT2D eigenvalue weighted by Crippen LogP contribution is 2.14. The second kappa shape index (κ2) is 8.13. The van der Waals surface area contributed by atoms with Gasteiger partial charge in [0, 0.05) is 13.1 Å². The van der Waals surface area contributed by atoms with Crippen LogP contribution in [-0.4, -0.2) is 18.5 Å². The highest BCUT2D eigenvalue weighted by Gasteiger charge is 2.12. The minimum absolute atomic E-state index is 0.00575. The van der Waals surface area contributed by atoms with E-state index in [0.29, 0.717) is 30.1 Å². The van der Waals surface area contributed by atoms with E-state index in [1.807, 2.05) is 19.1 Å². The Morgan fingerprint density at radius 3 is 2.29 bits per heavy atom. The minimum atomic E-state index is -0.261. The Hall–Kier alpha value is -1.42. The van der Waals surface area contributed by atoms with Gasteiger partial charge in [-0.2, -0.15) is 0 Å². The molecule has 21 heavy (non-hydrogen) atoms. The first-order valence-electron chi connectivity index (χ1n) is 7.58. The van der Waals surface area contributed by atoms with Gasteiger partial charge in [-0.3, -0.25) is 4.79 Å². The molecule has 1 unspecified atom stereocenters. The minimum Gasteiger partial charge on any atom is -0.355 e. The average molecular weight is 294 g/mol. The molecule has 1 aromatic carbocycles. The molecule has 4 heteroatoms. The molecule has 0 aromatic heterocycles. The number of rotatable bonds is 7. The predicted octanol–water partition coefficient (Wildman–Crippen LogP) is 3.08. The van der Waals surface area contributed by atoms with Gasteiger partial charge in [0.1, 0.15) is 5.82 Å². The van der Waals surface area contributed by atoms with Crippen LogP contribution in [0.2, 0.25) is 0 Å². The number of carbonyl (C=O) groups is 1. The Kier molecular flexibility index (Phi) is 6.82. The Morgan fingerprint density at radius 1 is 1.19 bits per heavy atom. The van der Waals surface area contributed by atoms with Crippen molar-refractivity contribution in [2.24, 2.45) is 5.92 Å². The topological polar surface area (TPSA) is 41.1 Å². The van der Waals surface area contributed by atoms with Crippen molar-refractivity contribution in [2.75, 3.05) is 6.54 Å². The second-order valence-corrected chi connectivity index (χ2v) is 6.12. The quantitative estimate of drug-likeness (QED) is 0.811. The Bertz CT molecular complexity index is 463. The lowest BCUT2D eigenvalue weighted by molar-refractivity contribution is -0.122. The molecule has 0 aliphatic rings. The first-order valence-corrected chi connectivity index (χ1v) is 7.58. The van der Waals surface area contributed by atoms with Crippen molar-refractivity contribution in [3.8, 4) is 0 Å². The summed E-state index contributed by atoms with van der Waals surface area (Å²) < 4.78 is 13.6. The van der Waals surface area contributed by atoms with E-state index in [9.17, 15) is 9.18 Å². The van der Waals surface area contributed by atoms with E-state index >= 15 is 0 Å². The number of hydrogen-bond acceptors (Lipinski definition) is 2. The molecule has 0 bridgehead atoms. The molecule has 1 aromatic rings. The summed E-state index contributed by atoms with van der Waals surface area (Å²) in [7, 11) is 0. The maximum atomic E-state index is 13.6. The first-order chi connectivity index (χ1) is 9.81. The van der Waals surface area contributed by atoms with E-state index in [1.54, 1.807) is 13.8 Å². The SMILES string of the molecule is Cc1cc(CNC(C)C(=O)NCCC(C)C)cc(C)c1F. The number of benzene rings is 1. The molecule has 0 saturated carbocycles. The highest BCUT2D eigenvalue weighted by atomic mass is 19.1. The van der Waals surface area contributed by atoms with Crippen LogP contribution in [0.4, 0.5) is 4.39 Å². The molecule has 0 spiro atoms. The molecular weight excluding hydrogens is 267 g/mol. The highest BCUT2D eigenvalue weighted by molar-refractivity contribution is 5.81. The van der Waals surface area contributed by atoms with Crippen LogP contribution in [0.25, 0.3) is 0 Å². The molecule has 1 atom stereocenters. The summed E-state index contributed by atoms with van der Waals surface area (Å²) in [6.07, 6.45) is 0.981. The van der Waals surface area contributed by atoms with Crippen LogP contribution < -0.4 is 10.6 Å². The van der Waals surface area contributed by atoms with Crippen molar-refractivity contribution in [3.05, 3.63) is 34.6 Å². The van der Waals surface area contributed by atoms with E-state index in [4.69, 9.17) is 0 Å². The van der Waals surface area contributed by atoms with Gasteiger partial charge in [0.25, 0.3) is 0 Å². The second-order valence-electron chi connectivity index (χ2n) is 6.12. The van der Waals surface area contributed by atoms with E-state index in [0.717, 1.165) is 12.0 Å². The van der Waals surface area contributed by atoms with Crippen LogP contribution in [-0.2, 0) is 11.3 Å². The van der Waals surface area contributed by atoms with Gasteiger partial charge in [0.2, 0.25) is 5.91 Å². The fourth-order valence-electron chi connectivity index (χ4n) is 2.14. The number of hydrogen-bond donors (Lipinski definition) is 2. The third kappa shape index (κ3) is 5.84. The first kappa shape index (κ1) is 17.6. The molecule has 0 aliphatic heterocycles. The fraction of sp³-hybridized carbons (Fsp3) is 0.588. The van der Waals surface area contributed by atoms with Crippen molar-refractivity contribution in [3.63, 3.8) is 0 Å². The van der Waals surface area contributed by atoms with Gasteiger partial charge in [-0.1, -0.05) is 26.0 Å². The van der Waals surface area contributed by atoms with Crippen molar-refractivity contribution < 1.29 is 9.18 Å². The lowest BCUT2D eigenvalue weighted by Crippen LogP contribution is -2.42. The van der Waals surface area contributed by atoms with Gasteiger partial charge < -0.3 is 10.6 Å². The van der Waals surface area contributed by atoms with Crippen LogP contribution >= 0.6 is 0 Å². The van der Waals surface area contributed by atoms with Gasteiger partial charge >= 0.3 is 0 Å². The van der Waals surface area contributed by atoms with E-state index < -0.39 is 0 Å². The lowest BCUT2D eigenvalue weighted by Gasteiger charge is -2.15. The van der Waals surface area contributed by atoms with Crippen molar-refractivity contribution in [1.82, 2.24) is 10.6 Å². The zero-order chi connectivity index (χ0) is 16.0. The van der Waals surface area contributed by atoms with Crippen LogP contribution in [0, 0.1) is 25.6 Å². The fourth-order valence-corrected chi connectivity index (χ4v) is 2.14. The number of aryl methyl sites for hydroxylation is 2. The van der Waals surface area contributed by atoms with E-state index in [-0.39, 0.29) is 17.8 Å². The Balaban J connectivity index is 2.45. The molecule has 1 amide bonds. The number of carbonyl (C=O) groups excluding carboxylic acids is 1. The van der Waals surface area contributed by atoms with Gasteiger partial charge in [0.15, 0.2) is 0 Å². The van der Waals surface area contributed by atoms with Crippen LogP contribution in [0.1, 0.15) is 43.9 Å². The van der Waals surface area contributed by atoms with Crippen LogP contribution in [0.15, 0.2) is 12.1 Å². The third-order valence-electron chi connectivity index (χ3n) is 3.52. The van der Waals surface area contributed by atoms with Crippen LogP contribution in [0.3, 0.4) is 0 Å². The third-order valence-corrected chi connectivity index (χ3v) is 3.52. The van der Waals surface area contributed by atoms with E-state index in [1.165, 1.54) is 0 Å². The van der Waals surface area contributed by atoms with Gasteiger partial charge in [-0.25, -0.2) is 4.39 Å². The van der Waals surface area contributed by atoms with Gasteiger partial charge in [-0.05, 0) is 49.8 Å². The number of amides is 1. The summed E-state index contributed by atoms with van der Waals surface area (Å²) in [5.41, 5.74) is 2.27. The van der Waals surface area contributed by atoms with Gasteiger partial charge in [0.05, 0.1) is 6.04 Å². The zero-order valence-electron chi connectivity index (χ0n) is 13.7. The summed E-state index contributed by atoms with van der Waals surface area (Å²) in [6, 6.07) is 3.38. The molecule has 0 aliphatic carbocycles. The molecule has 0 saturated heterocycles. The molecule has 1 rings (SSSR count). The van der Waals surface area contributed by atoms with Gasteiger partial charge in [-0.15, -0.1) is 0 Å². The Morgan fingerprint density at radius 2 is 1.76 bits per heavy atom. The maximum Gasteiger partial charge on any atom is 0.236 e. The molecule has 0 radical (unpaired) electrons. The monoisotopic (exact) mass is 294 g/mol. The number of nitrogens with one attached hydrogen (secondary N) is 2. The molecule has 2 N–H and O–H groups in total. The summed E-state index contributed by atoms with van der Waals surface area (Å²) in [4.78, 5) is 11.9. The number of halogens is 1. The summed E-state index contributed by atoms with van der Waals surface area (Å²) in [5.74, 6) is 0.433. The standard InChI is InChI=1S/C17H27FN2O/c1-11(2)6-7-19-17(21)14(5)20-10-15-8-12(3)16(18)13(4)9-15/h8-9,11,14,20H,6-7,10H2,1-5H3,(H,19,21). The van der Waals surface area contributed by atoms with Crippen molar-refractivity contribution in [1.29, 1.82) is 0 Å². The molecular formula is C17H27FN2O.